The van der Waals surface area contributed by atoms with E-state index in [1.807, 2.05) is 50.2 Å². The predicted octanol–water partition coefficient (Wildman–Crippen LogP) is 4.95. The van der Waals surface area contributed by atoms with Crippen molar-refractivity contribution >= 4 is 18.0 Å². The lowest BCUT2D eigenvalue weighted by atomic mass is 9.74. The molecule has 0 radical (unpaired) electrons. The fourth-order valence-corrected chi connectivity index (χ4v) is 4.30. The van der Waals surface area contributed by atoms with E-state index in [9.17, 15) is 19.5 Å². The highest BCUT2D eigenvalue weighted by atomic mass is 16.5. The van der Waals surface area contributed by atoms with Crippen LogP contribution in [-0.4, -0.2) is 41.3 Å². The van der Waals surface area contributed by atoms with Gasteiger partial charge in [-0.15, -0.1) is 0 Å². The molecule has 7 heteroatoms. The van der Waals surface area contributed by atoms with Gasteiger partial charge in [-0.2, -0.15) is 0 Å². The van der Waals surface area contributed by atoms with Crippen LogP contribution < -0.4 is 10.6 Å². The van der Waals surface area contributed by atoms with E-state index in [1.165, 1.54) is 0 Å². The summed E-state index contributed by atoms with van der Waals surface area (Å²) in [5, 5.41) is 15.1. The lowest BCUT2D eigenvalue weighted by Crippen LogP contribution is -2.61. The molecule has 0 aliphatic heterocycles. The maximum atomic E-state index is 13.1. The zero-order chi connectivity index (χ0) is 26.0. The Morgan fingerprint density at radius 3 is 1.94 bits per heavy atom. The Morgan fingerprint density at radius 1 is 0.943 bits per heavy atom. The largest absolute Gasteiger partial charge is 0.481 e. The van der Waals surface area contributed by atoms with E-state index in [0.29, 0.717) is 6.42 Å². The summed E-state index contributed by atoms with van der Waals surface area (Å²) in [7, 11) is 0. The number of carboxylic acids is 1. The molecule has 188 valence electrons. The van der Waals surface area contributed by atoms with Gasteiger partial charge in [0.2, 0.25) is 5.91 Å². The smallest absolute Gasteiger partial charge is 0.407 e. The Labute approximate surface area is 207 Å². The molecule has 35 heavy (non-hydrogen) atoms. The van der Waals surface area contributed by atoms with Crippen molar-refractivity contribution in [2.45, 2.75) is 65.5 Å². The molecule has 2 aromatic carbocycles. The fourth-order valence-electron chi connectivity index (χ4n) is 4.30. The number of carbonyl (C=O) groups is 3. The number of fused-ring (bicyclic) bond motifs is 3. The molecule has 0 bridgehead atoms. The second-order valence-corrected chi connectivity index (χ2v) is 10.7. The number of rotatable bonds is 9. The number of alkyl carbamates (subject to hydrolysis) is 1. The van der Waals surface area contributed by atoms with Crippen molar-refractivity contribution < 1.29 is 24.2 Å². The fraction of sp³-hybridized carbons (Fsp3) is 0.464. The number of carbonyl (C=O) groups excluding carboxylic acids is 2. The second-order valence-electron chi connectivity index (χ2n) is 10.7. The SMILES string of the molecule is CC(C)C[C@@H](NC(=O)OCC1c2ccccc2-c2ccccc21)C(=O)NC(C)(C)C(C)(C)C(=O)O. The standard InChI is InChI=1S/C28H36N2O5/c1-17(2)15-23(24(31)30-28(5,6)27(3,4)25(32)33)29-26(34)35-16-22-20-13-9-7-11-18(20)19-12-8-10-14-21(19)22/h7-14,17,22-23H,15-16H2,1-6H3,(H,29,34)(H,30,31)(H,32,33)/t23-/m1/s1. The van der Waals surface area contributed by atoms with Crippen LogP contribution in [0.4, 0.5) is 4.79 Å². The summed E-state index contributed by atoms with van der Waals surface area (Å²) in [5.41, 5.74) is 2.23. The van der Waals surface area contributed by atoms with Crippen molar-refractivity contribution in [2.75, 3.05) is 6.61 Å². The molecule has 0 heterocycles. The van der Waals surface area contributed by atoms with Crippen LogP contribution in [0.5, 0.6) is 0 Å². The number of hydrogen-bond acceptors (Lipinski definition) is 4. The van der Waals surface area contributed by atoms with Gasteiger partial charge in [0.05, 0.1) is 11.0 Å². The number of carboxylic acid groups (broad SMARTS) is 1. The van der Waals surface area contributed by atoms with Gasteiger partial charge >= 0.3 is 12.1 Å². The third-order valence-electron chi connectivity index (χ3n) is 7.19. The van der Waals surface area contributed by atoms with Gasteiger partial charge in [-0.1, -0.05) is 62.4 Å². The van der Waals surface area contributed by atoms with Gasteiger partial charge in [0.1, 0.15) is 12.6 Å². The van der Waals surface area contributed by atoms with E-state index in [-0.39, 0.29) is 18.4 Å². The summed E-state index contributed by atoms with van der Waals surface area (Å²) < 4.78 is 5.61. The van der Waals surface area contributed by atoms with Crippen LogP contribution in [0.1, 0.15) is 65.0 Å². The first-order valence-electron chi connectivity index (χ1n) is 12.0. The summed E-state index contributed by atoms with van der Waals surface area (Å²) in [6.07, 6.45) is -0.289. The van der Waals surface area contributed by atoms with Gasteiger partial charge in [0.15, 0.2) is 0 Å². The van der Waals surface area contributed by atoms with Gasteiger partial charge in [-0.05, 0) is 62.3 Å². The lowest BCUT2D eigenvalue weighted by Gasteiger charge is -2.39. The summed E-state index contributed by atoms with van der Waals surface area (Å²) >= 11 is 0. The quantitative estimate of drug-likeness (QED) is 0.471. The molecule has 3 N–H and O–H groups in total. The van der Waals surface area contributed by atoms with E-state index in [0.717, 1.165) is 22.3 Å². The van der Waals surface area contributed by atoms with Crippen LogP contribution in [0.15, 0.2) is 48.5 Å². The molecule has 0 fully saturated rings. The molecule has 0 spiro atoms. The molecule has 0 saturated carbocycles. The van der Waals surface area contributed by atoms with Gasteiger partial charge in [0.25, 0.3) is 0 Å². The van der Waals surface area contributed by atoms with Gasteiger partial charge in [-0.3, -0.25) is 9.59 Å². The number of nitrogens with one attached hydrogen (secondary N) is 2. The van der Waals surface area contributed by atoms with Crippen LogP contribution in [0, 0.1) is 11.3 Å². The lowest BCUT2D eigenvalue weighted by molar-refractivity contribution is -0.152. The first-order chi connectivity index (χ1) is 16.3. The van der Waals surface area contributed by atoms with Crippen molar-refractivity contribution in [3.63, 3.8) is 0 Å². The molecule has 2 amide bonds. The van der Waals surface area contributed by atoms with Gasteiger partial charge in [-0.25, -0.2) is 4.79 Å². The van der Waals surface area contributed by atoms with Crippen molar-refractivity contribution in [1.82, 2.24) is 10.6 Å². The summed E-state index contributed by atoms with van der Waals surface area (Å²) in [6, 6.07) is 15.3. The number of aliphatic carboxylic acids is 1. The molecular formula is C28H36N2O5. The van der Waals surface area contributed by atoms with E-state index >= 15 is 0 Å². The van der Waals surface area contributed by atoms with Crippen molar-refractivity contribution in [2.24, 2.45) is 11.3 Å². The zero-order valence-electron chi connectivity index (χ0n) is 21.3. The molecular weight excluding hydrogens is 444 g/mol. The molecule has 2 aromatic rings. The minimum Gasteiger partial charge on any atom is -0.481 e. The Bertz CT molecular complexity index is 1060. The van der Waals surface area contributed by atoms with E-state index in [4.69, 9.17) is 4.74 Å². The average Bonchev–Trinajstić information content (AvgIpc) is 3.10. The molecule has 7 nitrogen and oxygen atoms in total. The van der Waals surface area contributed by atoms with Gasteiger partial charge < -0.3 is 20.5 Å². The molecule has 0 unspecified atom stereocenters. The maximum absolute atomic E-state index is 13.1. The number of hydrogen-bond donors (Lipinski definition) is 3. The Balaban J connectivity index is 1.70. The van der Waals surface area contributed by atoms with Crippen molar-refractivity contribution in [1.29, 1.82) is 0 Å². The Hall–Kier alpha value is -3.35. The third kappa shape index (κ3) is 5.50. The molecule has 1 aliphatic carbocycles. The first kappa shape index (κ1) is 26.3. The highest BCUT2D eigenvalue weighted by Gasteiger charge is 2.45. The van der Waals surface area contributed by atoms with Crippen LogP contribution in [0.25, 0.3) is 11.1 Å². The summed E-state index contributed by atoms with van der Waals surface area (Å²) in [4.78, 5) is 37.6. The highest BCUT2D eigenvalue weighted by molar-refractivity contribution is 5.87. The topological polar surface area (TPSA) is 105 Å². The normalized spacial score (nSPS) is 14.1. The van der Waals surface area contributed by atoms with E-state index < -0.39 is 35.0 Å². The predicted molar refractivity (Wildman–Crippen MR) is 135 cm³/mol. The van der Waals surface area contributed by atoms with Crippen LogP contribution >= 0.6 is 0 Å². The van der Waals surface area contributed by atoms with Gasteiger partial charge in [0, 0.05) is 5.92 Å². The van der Waals surface area contributed by atoms with Crippen LogP contribution in [0.3, 0.4) is 0 Å². The Morgan fingerprint density at radius 2 is 1.46 bits per heavy atom. The van der Waals surface area contributed by atoms with E-state index in [2.05, 4.69) is 22.8 Å². The zero-order valence-corrected chi connectivity index (χ0v) is 21.3. The molecule has 1 aliphatic rings. The van der Waals surface area contributed by atoms with Crippen molar-refractivity contribution in [3.05, 3.63) is 59.7 Å². The molecule has 1 atom stereocenters. The van der Waals surface area contributed by atoms with Crippen LogP contribution in [0.2, 0.25) is 0 Å². The third-order valence-corrected chi connectivity index (χ3v) is 7.19. The second kappa shape index (κ2) is 10.1. The van der Waals surface area contributed by atoms with E-state index in [1.54, 1.807) is 27.7 Å². The monoisotopic (exact) mass is 480 g/mol. The van der Waals surface area contributed by atoms with Crippen LogP contribution in [-0.2, 0) is 14.3 Å². The maximum Gasteiger partial charge on any atom is 0.407 e. The minimum atomic E-state index is -1.21. The number of ether oxygens (including phenoxy) is 1. The average molecular weight is 481 g/mol. The molecule has 0 saturated heterocycles. The summed E-state index contributed by atoms with van der Waals surface area (Å²) in [6.45, 7) is 10.5. The Kier molecular flexibility index (Phi) is 7.58. The highest BCUT2D eigenvalue weighted by Crippen LogP contribution is 2.44. The number of benzene rings is 2. The van der Waals surface area contributed by atoms with Crippen molar-refractivity contribution in [3.8, 4) is 11.1 Å². The first-order valence-corrected chi connectivity index (χ1v) is 12.0. The molecule has 3 rings (SSSR count). The minimum absolute atomic E-state index is 0.0826. The summed E-state index contributed by atoms with van der Waals surface area (Å²) in [5.74, 6) is -1.42. The molecule has 0 aromatic heterocycles. The number of amides is 2.